The lowest BCUT2D eigenvalue weighted by molar-refractivity contribution is -0.123. The normalized spacial score (nSPS) is 21.3. The number of anilines is 1. The Labute approximate surface area is 172 Å². The Bertz CT molecular complexity index is 704. The second-order valence-corrected chi connectivity index (χ2v) is 7.80. The van der Waals surface area contributed by atoms with E-state index in [1.165, 1.54) is 6.07 Å². The van der Waals surface area contributed by atoms with Crippen LogP contribution < -0.4 is 16.0 Å². The molecule has 0 aliphatic carbocycles. The van der Waals surface area contributed by atoms with Crippen LogP contribution in [-0.2, 0) is 4.79 Å². The van der Waals surface area contributed by atoms with Crippen molar-refractivity contribution < 1.29 is 9.18 Å². The lowest BCUT2D eigenvalue weighted by Gasteiger charge is -2.37. The third-order valence-corrected chi connectivity index (χ3v) is 5.83. The van der Waals surface area contributed by atoms with Gasteiger partial charge in [0, 0.05) is 46.3 Å². The first-order valence-corrected chi connectivity index (χ1v) is 10.5. The van der Waals surface area contributed by atoms with Gasteiger partial charge in [-0.05, 0) is 44.5 Å². The highest BCUT2D eigenvalue weighted by Crippen LogP contribution is 2.20. The molecule has 1 unspecified atom stereocenters. The van der Waals surface area contributed by atoms with Crippen LogP contribution in [0.3, 0.4) is 0 Å². The van der Waals surface area contributed by atoms with E-state index >= 15 is 0 Å². The van der Waals surface area contributed by atoms with Crippen LogP contribution >= 0.6 is 0 Å². The molecule has 0 aromatic heterocycles. The molecule has 2 heterocycles. The van der Waals surface area contributed by atoms with E-state index in [0.29, 0.717) is 5.69 Å². The molecule has 160 valence electrons. The number of guanidine groups is 1. The monoisotopic (exact) mass is 404 g/mol. The van der Waals surface area contributed by atoms with Crippen molar-refractivity contribution in [2.24, 2.45) is 16.6 Å². The molecule has 3 rings (SSSR count). The minimum atomic E-state index is -0.178. The maximum absolute atomic E-state index is 14.0. The molecule has 0 spiro atoms. The van der Waals surface area contributed by atoms with E-state index < -0.39 is 0 Å². The van der Waals surface area contributed by atoms with Crippen molar-refractivity contribution in [3.05, 3.63) is 30.1 Å². The first-order valence-electron chi connectivity index (χ1n) is 10.5. The van der Waals surface area contributed by atoms with Gasteiger partial charge in [0.15, 0.2) is 5.96 Å². The van der Waals surface area contributed by atoms with E-state index in [2.05, 4.69) is 25.0 Å². The summed E-state index contributed by atoms with van der Waals surface area (Å²) in [5.74, 6) is 0.546. The predicted molar refractivity (Wildman–Crippen MR) is 115 cm³/mol. The number of aliphatic imine (C=N–C) groups is 1. The summed E-state index contributed by atoms with van der Waals surface area (Å²) in [6.45, 7) is 6.75. The fourth-order valence-electron chi connectivity index (χ4n) is 4.19. The van der Waals surface area contributed by atoms with E-state index in [1.54, 1.807) is 13.1 Å². The zero-order valence-electron chi connectivity index (χ0n) is 17.3. The topological polar surface area (TPSA) is 77.2 Å². The average molecular weight is 405 g/mol. The van der Waals surface area contributed by atoms with E-state index in [4.69, 9.17) is 5.73 Å². The van der Waals surface area contributed by atoms with Crippen LogP contribution in [0.4, 0.5) is 10.1 Å². The number of carbonyl (C=O) groups excluding carboxylic acids is 1. The Hall–Kier alpha value is -2.35. The van der Waals surface area contributed by atoms with Gasteiger partial charge in [-0.1, -0.05) is 12.1 Å². The standard InChI is InChI=1S/C21H33FN6O/c1-24-21(25-9-5-11-26-10-4-6-17(16-26)20(23)29)28-14-12-27(13-15-28)19-8-3-2-7-18(19)22/h2-3,7-8,17H,4-6,9-16H2,1H3,(H2,23,29)(H,24,25). The smallest absolute Gasteiger partial charge is 0.221 e. The largest absolute Gasteiger partial charge is 0.369 e. The summed E-state index contributed by atoms with van der Waals surface area (Å²) >= 11 is 0. The molecule has 0 radical (unpaired) electrons. The number of primary amides is 1. The second-order valence-electron chi connectivity index (χ2n) is 7.80. The minimum absolute atomic E-state index is 0.00442. The van der Waals surface area contributed by atoms with E-state index in [9.17, 15) is 9.18 Å². The van der Waals surface area contributed by atoms with Crippen LogP contribution in [0.2, 0.25) is 0 Å². The summed E-state index contributed by atoms with van der Waals surface area (Å²) in [6.07, 6.45) is 2.93. The molecule has 1 aromatic rings. The highest BCUT2D eigenvalue weighted by atomic mass is 19.1. The molecule has 2 saturated heterocycles. The number of piperazine rings is 1. The molecule has 29 heavy (non-hydrogen) atoms. The SMILES string of the molecule is CN=C(NCCCN1CCCC(C(N)=O)C1)N1CCN(c2ccccc2F)CC1. The Morgan fingerprint density at radius 1 is 1.24 bits per heavy atom. The van der Waals surface area contributed by atoms with Crippen LogP contribution in [0, 0.1) is 11.7 Å². The number of para-hydroxylation sites is 1. The zero-order chi connectivity index (χ0) is 20.6. The molecule has 1 atom stereocenters. The van der Waals surface area contributed by atoms with Crippen LogP contribution in [-0.4, -0.2) is 81.1 Å². The van der Waals surface area contributed by atoms with Crippen molar-refractivity contribution in [1.29, 1.82) is 0 Å². The van der Waals surface area contributed by atoms with Gasteiger partial charge in [0.1, 0.15) is 5.82 Å². The first-order chi connectivity index (χ1) is 14.1. The lowest BCUT2D eigenvalue weighted by atomic mass is 9.97. The Balaban J connectivity index is 1.39. The van der Waals surface area contributed by atoms with Gasteiger partial charge in [-0.2, -0.15) is 0 Å². The number of likely N-dealkylation sites (tertiary alicyclic amines) is 1. The molecule has 2 fully saturated rings. The Morgan fingerprint density at radius 2 is 2.00 bits per heavy atom. The molecular weight excluding hydrogens is 371 g/mol. The fourth-order valence-corrected chi connectivity index (χ4v) is 4.19. The number of hydrogen-bond acceptors (Lipinski definition) is 4. The van der Waals surface area contributed by atoms with Gasteiger partial charge in [-0.15, -0.1) is 0 Å². The number of halogens is 1. The third-order valence-electron chi connectivity index (χ3n) is 5.83. The minimum Gasteiger partial charge on any atom is -0.369 e. The summed E-state index contributed by atoms with van der Waals surface area (Å²) in [7, 11) is 1.80. The van der Waals surface area contributed by atoms with Crippen molar-refractivity contribution in [3.63, 3.8) is 0 Å². The number of carbonyl (C=O) groups is 1. The van der Waals surface area contributed by atoms with Crippen molar-refractivity contribution in [2.75, 3.05) is 64.3 Å². The number of nitrogens with one attached hydrogen (secondary N) is 1. The van der Waals surface area contributed by atoms with E-state index in [0.717, 1.165) is 77.6 Å². The van der Waals surface area contributed by atoms with Crippen LogP contribution in [0.5, 0.6) is 0 Å². The van der Waals surface area contributed by atoms with Crippen molar-refractivity contribution in [2.45, 2.75) is 19.3 Å². The van der Waals surface area contributed by atoms with Crippen LogP contribution in [0.25, 0.3) is 0 Å². The summed E-state index contributed by atoms with van der Waals surface area (Å²) < 4.78 is 14.0. The Morgan fingerprint density at radius 3 is 2.69 bits per heavy atom. The van der Waals surface area contributed by atoms with Crippen LogP contribution in [0.15, 0.2) is 29.3 Å². The number of nitrogens with two attached hydrogens (primary N) is 1. The summed E-state index contributed by atoms with van der Waals surface area (Å²) in [5, 5.41) is 3.44. The number of hydrogen-bond donors (Lipinski definition) is 2. The Kier molecular flexibility index (Phi) is 7.69. The van der Waals surface area contributed by atoms with Crippen molar-refractivity contribution >= 4 is 17.6 Å². The molecule has 1 amide bonds. The molecule has 1 aromatic carbocycles. The van der Waals surface area contributed by atoms with E-state index in [-0.39, 0.29) is 17.6 Å². The number of amides is 1. The van der Waals surface area contributed by atoms with Crippen LogP contribution in [0.1, 0.15) is 19.3 Å². The average Bonchev–Trinajstić information content (AvgIpc) is 2.75. The van der Waals surface area contributed by atoms with Gasteiger partial charge in [0.25, 0.3) is 0 Å². The van der Waals surface area contributed by atoms with Gasteiger partial charge in [-0.25, -0.2) is 4.39 Å². The van der Waals surface area contributed by atoms with Gasteiger partial charge in [-0.3, -0.25) is 9.79 Å². The highest BCUT2D eigenvalue weighted by molar-refractivity contribution is 5.80. The van der Waals surface area contributed by atoms with Gasteiger partial charge in [0.2, 0.25) is 5.91 Å². The van der Waals surface area contributed by atoms with Crippen molar-refractivity contribution in [1.82, 2.24) is 15.1 Å². The maximum atomic E-state index is 14.0. The number of nitrogens with zero attached hydrogens (tertiary/aromatic N) is 4. The highest BCUT2D eigenvalue weighted by Gasteiger charge is 2.24. The summed E-state index contributed by atoms with van der Waals surface area (Å²) in [5.41, 5.74) is 6.13. The molecule has 8 heteroatoms. The van der Waals surface area contributed by atoms with Crippen molar-refractivity contribution in [3.8, 4) is 0 Å². The molecule has 2 aliphatic rings. The molecule has 2 aliphatic heterocycles. The van der Waals surface area contributed by atoms with Gasteiger partial charge in [0.05, 0.1) is 11.6 Å². The zero-order valence-corrected chi connectivity index (χ0v) is 17.3. The first kappa shape index (κ1) is 21.4. The molecule has 0 saturated carbocycles. The molecule has 3 N–H and O–H groups in total. The predicted octanol–water partition coefficient (Wildman–Crippen LogP) is 1.11. The molecular formula is C21H33FN6O. The quantitative estimate of drug-likeness (QED) is 0.422. The molecule has 0 bridgehead atoms. The van der Waals surface area contributed by atoms with E-state index in [1.807, 2.05) is 12.1 Å². The number of rotatable bonds is 6. The second kappa shape index (κ2) is 10.4. The fraction of sp³-hybridized carbons (Fsp3) is 0.619. The van der Waals surface area contributed by atoms with Gasteiger partial charge >= 0.3 is 0 Å². The molecule has 7 nitrogen and oxygen atoms in total. The summed E-state index contributed by atoms with van der Waals surface area (Å²) in [4.78, 5) is 22.5. The third kappa shape index (κ3) is 5.82. The maximum Gasteiger partial charge on any atom is 0.221 e. The summed E-state index contributed by atoms with van der Waals surface area (Å²) in [6, 6.07) is 6.94. The van der Waals surface area contributed by atoms with Gasteiger partial charge < -0.3 is 25.8 Å². The lowest BCUT2D eigenvalue weighted by Crippen LogP contribution is -2.53. The number of piperidine rings is 1. The number of benzene rings is 1.